The number of likely N-dealkylation sites (tertiary alicyclic amines) is 1. The van der Waals surface area contributed by atoms with Crippen molar-refractivity contribution in [3.05, 3.63) is 0 Å². The molecule has 1 aliphatic heterocycles. The highest BCUT2D eigenvalue weighted by molar-refractivity contribution is 6.12. The summed E-state index contributed by atoms with van der Waals surface area (Å²) in [5.74, 6) is -1.02. The monoisotopic (exact) mass is 193 g/mol. The van der Waals surface area contributed by atoms with Crippen molar-refractivity contribution < 1.29 is 14.4 Å². The van der Waals surface area contributed by atoms with Crippen LogP contribution in [0.1, 0.15) is 12.8 Å². The Morgan fingerprint density at radius 1 is 1.00 bits per heavy atom. The fraction of sp³-hybridized carbons (Fsp3) is 0.700. The molecule has 4 atom stereocenters. The second-order valence-electron chi connectivity index (χ2n) is 4.48. The summed E-state index contributed by atoms with van der Waals surface area (Å²) in [5.41, 5.74) is 0. The average Bonchev–Trinajstić information content (AvgIpc) is 2.74. The maximum Gasteiger partial charge on any atom is 0.233 e. The number of imide groups is 1. The van der Waals surface area contributed by atoms with Gasteiger partial charge in [-0.3, -0.25) is 19.3 Å². The van der Waals surface area contributed by atoms with E-state index in [2.05, 4.69) is 0 Å². The van der Waals surface area contributed by atoms with Gasteiger partial charge in [0.15, 0.2) is 0 Å². The third-order valence-corrected chi connectivity index (χ3v) is 4.00. The molecule has 0 N–H and O–H groups in total. The van der Waals surface area contributed by atoms with Crippen molar-refractivity contribution in [2.75, 3.05) is 7.05 Å². The van der Waals surface area contributed by atoms with Crippen LogP contribution < -0.4 is 0 Å². The van der Waals surface area contributed by atoms with E-state index < -0.39 is 0 Å². The van der Waals surface area contributed by atoms with E-state index in [0.29, 0.717) is 0 Å². The standard InChI is InChI=1S/C10H11NO3/c1-11-9(13)6-4-2-3-5(8(4)12)7(6)10(11)14/h4-7H,2-3H2,1H3/t4-,5+,6+,7-. The number of ketones is 1. The highest BCUT2D eigenvalue weighted by Gasteiger charge is 2.64. The van der Waals surface area contributed by atoms with Crippen molar-refractivity contribution in [1.29, 1.82) is 0 Å². The number of hydrogen-bond acceptors (Lipinski definition) is 3. The predicted molar refractivity (Wildman–Crippen MR) is 46.0 cm³/mol. The molecular formula is C10H11NO3. The molecule has 3 aliphatic rings. The fourth-order valence-electron chi connectivity index (χ4n) is 3.34. The Labute approximate surface area is 81.3 Å². The summed E-state index contributed by atoms with van der Waals surface area (Å²) < 4.78 is 0. The Balaban J connectivity index is 2.08. The van der Waals surface area contributed by atoms with Crippen LogP contribution in [0, 0.1) is 23.7 Å². The molecule has 4 heteroatoms. The van der Waals surface area contributed by atoms with Crippen LogP contribution >= 0.6 is 0 Å². The van der Waals surface area contributed by atoms with Gasteiger partial charge in [-0.15, -0.1) is 0 Å². The van der Waals surface area contributed by atoms with Gasteiger partial charge < -0.3 is 0 Å². The number of amides is 2. The summed E-state index contributed by atoms with van der Waals surface area (Å²) in [5, 5.41) is 0. The van der Waals surface area contributed by atoms with Crippen LogP contribution in [0.4, 0.5) is 0 Å². The zero-order valence-electron chi connectivity index (χ0n) is 7.90. The third kappa shape index (κ3) is 0.656. The SMILES string of the molecule is CN1C(=O)[C@@H]2[C@H](C1=O)[C@@H]1CC[C@H]2C1=O. The fourth-order valence-corrected chi connectivity index (χ4v) is 3.34. The van der Waals surface area contributed by atoms with Crippen molar-refractivity contribution in [2.24, 2.45) is 23.7 Å². The van der Waals surface area contributed by atoms with Gasteiger partial charge in [0.25, 0.3) is 0 Å². The zero-order chi connectivity index (χ0) is 10.0. The molecule has 0 aromatic carbocycles. The van der Waals surface area contributed by atoms with Gasteiger partial charge in [-0.2, -0.15) is 0 Å². The summed E-state index contributed by atoms with van der Waals surface area (Å²) in [4.78, 5) is 36.2. The molecule has 3 rings (SSSR count). The molecule has 0 aromatic heterocycles. The van der Waals surface area contributed by atoms with Crippen LogP contribution in [-0.4, -0.2) is 29.5 Å². The van der Waals surface area contributed by atoms with Crippen molar-refractivity contribution >= 4 is 17.6 Å². The van der Waals surface area contributed by atoms with Crippen LogP contribution in [0.3, 0.4) is 0 Å². The summed E-state index contributed by atoms with van der Waals surface area (Å²) >= 11 is 0. The number of carbonyl (C=O) groups excluding carboxylic acids is 3. The van der Waals surface area contributed by atoms with Gasteiger partial charge in [0.2, 0.25) is 11.8 Å². The Hall–Kier alpha value is -1.19. The number of carbonyl (C=O) groups is 3. The highest BCUT2D eigenvalue weighted by atomic mass is 16.2. The van der Waals surface area contributed by atoms with Gasteiger partial charge in [0.05, 0.1) is 11.8 Å². The molecule has 0 spiro atoms. The first kappa shape index (κ1) is 8.15. The van der Waals surface area contributed by atoms with Crippen LogP contribution in [-0.2, 0) is 14.4 Å². The molecule has 3 fully saturated rings. The van der Waals surface area contributed by atoms with Gasteiger partial charge in [-0.1, -0.05) is 0 Å². The number of hydrogen-bond donors (Lipinski definition) is 0. The van der Waals surface area contributed by atoms with Gasteiger partial charge >= 0.3 is 0 Å². The van der Waals surface area contributed by atoms with E-state index in [1.54, 1.807) is 0 Å². The number of fused-ring (bicyclic) bond motifs is 5. The first-order valence-electron chi connectivity index (χ1n) is 4.98. The van der Waals surface area contributed by atoms with Crippen molar-refractivity contribution in [3.8, 4) is 0 Å². The second kappa shape index (κ2) is 2.24. The lowest BCUT2D eigenvalue weighted by Gasteiger charge is -2.17. The third-order valence-electron chi connectivity index (χ3n) is 4.00. The topological polar surface area (TPSA) is 54.5 Å². The second-order valence-corrected chi connectivity index (χ2v) is 4.48. The maximum atomic E-state index is 11.7. The van der Waals surface area contributed by atoms with E-state index in [1.165, 1.54) is 11.9 Å². The lowest BCUT2D eigenvalue weighted by molar-refractivity contribution is -0.141. The van der Waals surface area contributed by atoms with Crippen LogP contribution in [0.2, 0.25) is 0 Å². The molecule has 1 heterocycles. The summed E-state index contributed by atoms with van der Waals surface area (Å²) in [7, 11) is 1.52. The molecule has 0 unspecified atom stereocenters. The Morgan fingerprint density at radius 2 is 1.43 bits per heavy atom. The van der Waals surface area contributed by atoms with E-state index in [0.717, 1.165) is 12.8 Å². The van der Waals surface area contributed by atoms with Gasteiger partial charge in [-0.25, -0.2) is 0 Å². The van der Waals surface area contributed by atoms with E-state index in [1.807, 2.05) is 0 Å². The van der Waals surface area contributed by atoms with E-state index >= 15 is 0 Å². The molecule has 2 amide bonds. The molecule has 1 saturated heterocycles. The number of nitrogens with zero attached hydrogens (tertiary/aromatic N) is 1. The number of rotatable bonds is 0. The van der Waals surface area contributed by atoms with Gasteiger partial charge in [0, 0.05) is 18.9 Å². The largest absolute Gasteiger partial charge is 0.299 e. The van der Waals surface area contributed by atoms with Crippen LogP contribution in [0.5, 0.6) is 0 Å². The zero-order valence-corrected chi connectivity index (χ0v) is 7.90. The van der Waals surface area contributed by atoms with Crippen molar-refractivity contribution in [2.45, 2.75) is 12.8 Å². The van der Waals surface area contributed by atoms with E-state index in [9.17, 15) is 14.4 Å². The molecular weight excluding hydrogens is 182 g/mol. The smallest absolute Gasteiger partial charge is 0.233 e. The first-order valence-corrected chi connectivity index (χ1v) is 4.98. The lowest BCUT2D eigenvalue weighted by Crippen LogP contribution is -2.30. The average molecular weight is 193 g/mol. The van der Waals surface area contributed by atoms with Gasteiger partial charge in [0.1, 0.15) is 5.78 Å². The van der Waals surface area contributed by atoms with Crippen LogP contribution in [0.25, 0.3) is 0 Å². The predicted octanol–water partition coefficient (Wildman–Crippen LogP) is -0.174. The molecule has 0 radical (unpaired) electrons. The molecule has 2 bridgehead atoms. The minimum atomic E-state index is -0.307. The maximum absolute atomic E-state index is 11.7. The Morgan fingerprint density at radius 3 is 1.86 bits per heavy atom. The first-order chi connectivity index (χ1) is 6.63. The van der Waals surface area contributed by atoms with Crippen molar-refractivity contribution in [1.82, 2.24) is 4.90 Å². The summed E-state index contributed by atoms with van der Waals surface area (Å²) in [6, 6.07) is 0. The summed E-state index contributed by atoms with van der Waals surface area (Å²) in [6.07, 6.45) is 1.61. The Bertz CT molecular complexity index is 330. The van der Waals surface area contributed by atoms with E-state index in [4.69, 9.17) is 0 Å². The summed E-state index contributed by atoms with van der Waals surface area (Å²) in [6.45, 7) is 0. The molecule has 4 nitrogen and oxygen atoms in total. The molecule has 2 aliphatic carbocycles. The molecule has 2 saturated carbocycles. The van der Waals surface area contributed by atoms with Gasteiger partial charge in [-0.05, 0) is 12.8 Å². The van der Waals surface area contributed by atoms with E-state index in [-0.39, 0.29) is 41.3 Å². The van der Waals surface area contributed by atoms with Crippen molar-refractivity contribution in [3.63, 3.8) is 0 Å². The quantitative estimate of drug-likeness (QED) is 0.502. The minimum absolute atomic E-state index is 0.138. The molecule has 14 heavy (non-hydrogen) atoms. The lowest BCUT2D eigenvalue weighted by atomic mass is 9.81. The minimum Gasteiger partial charge on any atom is -0.299 e. The highest BCUT2D eigenvalue weighted by Crippen LogP contribution is 2.53. The number of Topliss-reactive ketones (excluding diaryl/α,β-unsaturated/α-hetero) is 1. The Kier molecular flexibility index (Phi) is 1.30. The molecule has 0 aromatic rings. The normalized spacial score (nSPS) is 45.2. The van der Waals surface area contributed by atoms with Crippen LogP contribution in [0.15, 0.2) is 0 Å². The molecule has 74 valence electrons.